The number of nitriles is 1. The molecule has 0 aromatic carbocycles. The molecule has 0 amide bonds. The average Bonchev–Trinajstić information content (AvgIpc) is 2.09. The maximum Gasteiger partial charge on any atom is 0.107 e. The summed E-state index contributed by atoms with van der Waals surface area (Å²) in [6.45, 7) is 4.15. The first-order valence-corrected chi connectivity index (χ1v) is 5.35. The molecule has 74 valence electrons. The zero-order chi connectivity index (χ0) is 9.90. The van der Waals surface area contributed by atoms with Crippen LogP contribution in [0.5, 0.6) is 0 Å². The molecular formula is C10H17ClN2. The molecule has 0 atom stereocenters. The lowest BCUT2D eigenvalue weighted by atomic mass is 9.82. The Kier molecular flexibility index (Phi) is 3.58. The first-order chi connectivity index (χ1) is 6.08. The summed E-state index contributed by atoms with van der Waals surface area (Å²) in [6.07, 6.45) is 3.68. The summed E-state index contributed by atoms with van der Waals surface area (Å²) in [5.41, 5.74) is -0.306. The van der Waals surface area contributed by atoms with Crippen molar-refractivity contribution >= 4 is 11.6 Å². The molecule has 0 aliphatic heterocycles. The molecule has 0 aromatic rings. The average molecular weight is 201 g/mol. The molecule has 1 rings (SSSR count). The minimum Gasteiger partial charge on any atom is -0.297 e. The van der Waals surface area contributed by atoms with E-state index in [0.29, 0.717) is 6.04 Å². The van der Waals surface area contributed by atoms with Crippen molar-refractivity contribution < 1.29 is 0 Å². The van der Waals surface area contributed by atoms with Crippen molar-refractivity contribution in [2.45, 2.75) is 56.5 Å². The van der Waals surface area contributed by atoms with Crippen molar-refractivity contribution in [3.63, 3.8) is 0 Å². The van der Waals surface area contributed by atoms with E-state index < -0.39 is 0 Å². The van der Waals surface area contributed by atoms with Gasteiger partial charge in [0.2, 0.25) is 0 Å². The van der Waals surface area contributed by atoms with Gasteiger partial charge in [-0.15, -0.1) is 11.6 Å². The van der Waals surface area contributed by atoms with E-state index >= 15 is 0 Å². The highest BCUT2D eigenvalue weighted by atomic mass is 35.5. The topological polar surface area (TPSA) is 35.8 Å². The second-order valence-corrected chi connectivity index (χ2v) is 4.78. The van der Waals surface area contributed by atoms with E-state index in [-0.39, 0.29) is 10.9 Å². The van der Waals surface area contributed by atoms with Crippen molar-refractivity contribution in [1.29, 1.82) is 5.26 Å². The van der Waals surface area contributed by atoms with Crippen LogP contribution in [0.4, 0.5) is 0 Å². The van der Waals surface area contributed by atoms with Crippen LogP contribution in [0.2, 0.25) is 0 Å². The van der Waals surface area contributed by atoms with Gasteiger partial charge in [0.05, 0.1) is 6.07 Å². The van der Waals surface area contributed by atoms with Gasteiger partial charge in [-0.2, -0.15) is 5.26 Å². The Morgan fingerprint density at radius 1 is 1.46 bits per heavy atom. The summed E-state index contributed by atoms with van der Waals surface area (Å²) in [4.78, 5) is 0. The molecular weight excluding hydrogens is 184 g/mol. The number of nitrogens with zero attached hydrogens (tertiary/aromatic N) is 1. The van der Waals surface area contributed by atoms with Crippen LogP contribution in [0.15, 0.2) is 0 Å². The Balaban J connectivity index is 2.57. The highest BCUT2D eigenvalue weighted by Gasteiger charge is 2.34. The van der Waals surface area contributed by atoms with Crippen LogP contribution in [0, 0.1) is 11.3 Å². The van der Waals surface area contributed by atoms with Crippen LogP contribution in [-0.4, -0.2) is 17.0 Å². The monoisotopic (exact) mass is 200 g/mol. The number of hydrogen-bond donors (Lipinski definition) is 1. The van der Waals surface area contributed by atoms with Crippen molar-refractivity contribution in [2.75, 3.05) is 0 Å². The van der Waals surface area contributed by atoms with Crippen molar-refractivity contribution in [3.05, 3.63) is 0 Å². The summed E-state index contributed by atoms with van der Waals surface area (Å²) in [7, 11) is 0. The van der Waals surface area contributed by atoms with Gasteiger partial charge in [-0.05, 0) is 39.5 Å². The zero-order valence-corrected chi connectivity index (χ0v) is 9.06. The predicted molar refractivity (Wildman–Crippen MR) is 54.7 cm³/mol. The molecule has 2 nitrogen and oxygen atoms in total. The number of nitrogens with one attached hydrogen (secondary N) is 1. The van der Waals surface area contributed by atoms with Crippen LogP contribution in [0.1, 0.15) is 39.5 Å². The molecule has 13 heavy (non-hydrogen) atoms. The van der Waals surface area contributed by atoms with E-state index in [1.54, 1.807) is 0 Å². The number of hydrogen-bond acceptors (Lipinski definition) is 2. The fraction of sp³-hybridized carbons (Fsp3) is 0.900. The summed E-state index contributed by atoms with van der Waals surface area (Å²) < 4.78 is 0. The first kappa shape index (κ1) is 10.8. The van der Waals surface area contributed by atoms with Crippen LogP contribution < -0.4 is 5.32 Å². The summed E-state index contributed by atoms with van der Waals surface area (Å²) in [6, 6.07) is 2.77. The molecule has 0 bridgehead atoms. The molecule has 0 spiro atoms. The largest absolute Gasteiger partial charge is 0.297 e. The summed E-state index contributed by atoms with van der Waals surface area (Å²) in [5, 5.41) is 12.7. The van der Waals surface area contributed by atoms with Gasteiger partial charge in [0, 0.05) is 11.4 Å². The molecule has 0 saturated heterocycles. The van der Waals surface area contributed by atoms with E-state index in [9.17, 15) is 0 Å². The van der Waals surface area contributed by atoms with Crippen molar-refractivity contribution in [1.82, 2.24) is 5.32 Å². The molecule has 1 aliphatic rings. The Labute approximate surface area is 85.3 Å². The second kappa shape index (κ2) is 4.30. The van der Waals surface area contributed by atoms with Gasteiger partial charge in [-0.1, -0.05) is 0 Å². The van der Waals surface area contributed by atoms with Crippen LogP contribution in [0.3, 0.4) is 0 Å². The van der Waals surface area contributed by atoms with Gasteiger partial charge < -0.3 is 0 Å². The Bertz CT molecular complexity index is 199. The number of alkyl halides is 1. The normalized spacial score (nSPS) is 34.5. The first-order valence-electron chi connectivity index (χ1n) is 4.91. The minimum absolute atomic E-state index is 0.274. The van der Waals surface area contributed by atoms with Crippen LogP contribution in [-0.2, 0) is 0 Å². The zero-order valence-electron chi connectivity index (χ0n) is 8.31. The van der Waals surface area contributed by atoms with Gasteiger partial charge in [0.15, 0.2) is 0 Å². The van der Waals surface area contributed by atoms with Crippen molar-refractivity contribution in [2.24, 2.45) is 0 Å². The maximum atomic E-state index is 9.12. The van der Waals surface area contributed by atoms with Gasteiger partial charge in [-0.3, -0.25) is 5.32 Å². The minimum atomic E-state index is -0.306. The molecule has 1 aliphatic carbocycles. The molecule has 1 saturated carbocycles. The SMILES string of the molecule is CC(C)NC1(C#N)CCC(Cl)CC1. The fourth-order valence-electron chi connectivity index (χ4n) is 1.92. The molecule has 1 fully saturated rings. The number of halogens is 1. The molecule has 1 N–H and O–H groups in total. The lowest BCUT2D eigenvalue weighted by molar-refractivity contribution is 0.282. The third-order valence-electron chi connectivity index (χ3n) is 2.55. The van der Waals surface area contributed by atoms with E-state index in [0.717, 1.165) is 25.7 Å². The molecule has 0 unspecified atom stereocenters. The van der Waals surface area contributed by atoms with Gasteiger partial charge in [0.1, 0.15) is 5.54 Å². The predicted octanol–water partition coefficient (Wildman–Crippen LogP) is 2.43. The third kappa shape index (κ3) is 2.86. The maximum absolute atomic E-state index is 9.12. The highest BCUT2D eigenvalue weighted by Crippen LogP contribution is 2.30. The smallest absolute Gasteiger partial charge is 0.107 e. The van der Waals surface area contributed by atoms with Crippen LogP contribution in [0.25, 0.3) is 0 Å². The van der Waals surface area contributed by atoms with E-state index in [1.165, 1.54) is 0 Å². The Morgan fingerprint density at radius 3 is 2.38 bits per heavy atom. The highest BCUT2D eigenvalue weighted by molar-refractivity contribution is 6.20. The standard InChI is InChI=1S/C10H17ClN2/c1-8(2)13-10(7-12)5-3-9(11)4-6-10/h8-9,13H,3-6H2,1-2H3. The van der Waals surface area contributed by atoms with Gasteiger partial charge in [0.25, 0.3) is 0 Å². The fourth-order valence-corrected chi connectivity index (χ4v) is 2.13. The van der Waals surface area contributed by atoms with E-state index in [4.69, 9.17) is 16.9 Å². The third-order valence-corrected chi connectivity index (χ3v) is 2.98. The van der Waals surface area contributed by atoms with Crippen LogP contribution >= 0.6 is 11.6 Å². The Morgan fingerprint density at radius 2 is 2.00 bits per heavy atom. The molecule has 0 heterocycles. The molecule has 3 heteroatoms. The Hall–Kier alpha value is -0.260. The lowest BCUT2D eigenvalue weighted by Gasteiger charge is -2.35. The number of rotatable bonds is 2. The molecule has 0 aromatic heterocycles. The molecule has 0 radical (unpaired) electrons. The summed E-state index contributed by atoms with van der Waals surface area (Å²) >= 11 is 6.00. The van der Waals surface area contributed by atoms with Gasteiger partial charge >= 0.3 is 0 Å². The quantitative estimate of drug-likeness (QED) is 0.695. The van der Waals surface area contributed by atoms with E-state index in [1.807, 2.05) is 0 Å². The van der Waals surface area contributed by atoms with Gasteiger partial charge in [-0.25, -0.2) is 0 Å². The summed E-state index contributed by atoms with van der Waals surface area (Å²) in [5.74, 6) is 0. The lowest BCUT2D eigenvalue weighted by Crippen LogP contribution is -2.49. The second-order valence-electron chi connectivity index (χ2n) is 4.17. The van der Waals surface area contributed by atoms with E-state index in [2.05, 4.69) is 25.2 Å². The van der Waals surface area contributed by atoms with Crippen molar-refractivity contribution in [3.8, 4) is 6.07 Å².